The fraction of sp³-hybridized carbons (Fsp3) is 0.607. The summed E-state index contributed by atoms with van der Waals surface area (Å²) in [4.78, 5) is 21.6. The molecule has 2 saturated carbocycles. The van der Waals surface area contributed by atoms with Crippen molar-refractivity contribution in [3.63, 3.8) is 0 Å². The first kappa shape index (κ1) is 27.1. The molecule has 0 spiro atoms. The number of carbonyl (C=O) groups is 1. The molecule has 2 N–H and O–H groups in total. The van der Waals surface area contributed by atoms with Crippen LogP contribution in [0, 0.1) is 17.2 Å². The molecule has 10 heteroatoms. The van der Waals surface area contributed by atoms with Crippen molar-refractivity contribution >= 4 is 32.8 Å². The van der Waals surface area contributed by atoms with E-state index in [4.69, 9.17) is 4.98 Å². The molecule has 5 rings (SSSR count). The molecule has 2 aliphatic carbocycles. The lowest BCUT2D eigenvalue weighted by molar-refractivity contribution is -0.127. The molecule has 0 bridgehead atoms. The Bertz CT molecular complexity index is 1330. The maximum absolute atomic E-state index is 13.4. The van der Waals surface area contributed by atoms with Crippen LogP contribution >= 0.6 is 11.3 Å². The van der Waals surface area contributed by atoms with Gasteiger partial charge in [0, 0.05) is 36.0 Å². The van der Waals surface area contributed by atoms with Gasteiger partial charge < -0.3 is 15.3 Å². The summed E-state index contributed by atoms with van der Waals surface area (Å²) in [5.41, 5.74) is 1.70. The predicted octanol–water partition coefficient (Wildman–Crippen LogP) is 3.76. The average molecular weight is 557 g/mol. The van der Waals surface area contributed by atoms with Crippen LogP contribution < -0.4 is 10.2 Å². The summed E-state index contributed by atoms with van der Waals surface area (Å²) >= 11 is 1.57. The normalized spacial score (nSPS) is 24.4. The van der Waals surface area contributed by atoms with E-state index in [1.54, 1.807) is 11.3 Å². The summed E-state index contributed by atoms with van der Waals surface area (Å²) in [7, 11) is -2.95. The summed E-state index contributed by atoms with van der Waals surface area (Å²) in [5.74, 6) is -0.00204. The first-order chi connectivity index (χ1) is 18.1. The number of nitriles is 1. The van der Waals surface area contributed by atoms with Crippen LogP contribution in [0.3, 0.4) is 0 Å². The molecule has 0 unspecified atom stereocenters. The molecule has 1 aromatic heterocycles. The molecule has 1 aliphatic heterocycles. The van der Waals surface area contributed by atoms with Crippen LogP contribution in [0.15, 0.2) is 24.3 Å². The number of nitrogens with zero attached hydrogens (tertiary/aromatic N) is 3. The van der Waals surface area contributed by atoms with E-state index in [9.17, 15) is 23.6 Å². The average Bonchev–Trinajstić information content (AvgIpc) is 3.54. The Morgan fingerprint density at radius 1 is 1.21 bits per heavy atom. The van der Waals surface area contributed by atoms with Crippen LogP contribution in [0.25, 0.3) is 10.4 Å². The number of aliphatic hydroxyl groups excluding tert-OH is 1. The van der Waals surface area contributed by atoms with E-state index in [0.717, 1.165) is 52.5 Å². The molecule has 38 heavy (non-hydrogen) atoms. The number of nitrogens with one attached hydrogen (secondary N) is 1. The van der Waals surface area contributed by atoms with Crippen LogP contribution in [0.5, 0.6) is 0 Å². The molecule has 2 aromatic rings. The fourth-order valence-electron chi connectivity index (χ4n) is 5.43. The standard InChI is InChI=1S/C28H36N4O4S2/c1-27(2,18-33)26-30-23(21-5-3-4-6-22(21)25(34)31-28(17-29)11-12-28)24(37-26)19-7-9-20(10-8-19)32-13-15-38(35,36)16-14-32/h7-10,21-22,33H,3-6,11-16,18H2,1-2H3,(H,31,34)/t21-,22-/m1/s1. The highest BCUT2D eigenvalue weighted by atomic mass is 32.2. The maximum atomic E-state index is 13.4. The Morgan fingerprint density at radius 2 is 1.87 bits per heavy atom. The molecular weight excluding hydrogens is 520 g/mol. The van der Waals surface area contributed by atoms with Crippen LogP contribution in [0.1, 0.15) is 69.0 Å². The van der Waals surface area contributed by atoms with Crippen molar-refractivity contribution in [2.75, 3.05) is 36.1 Å². The van der Waals surface area contributed by atoms with Gasteiger partial charge in [-0.05, 0) is 43.4 Å². The number of aromatic nitrogens is 1. The summed E-state index contributed by atoms with van der Waals surface area (Å²) in [5, 5.41) is 23.5. The zero-order valence-electron chi connectivity index (χ0n) is 22.1. The van der Waals surface area contributed by atoms with E-state index >= 15 is 0 Å². The van der Waals surface area contributed by atoms with Crippen LogP contribution in [0.2, 0.25) is 0 Å². The molecule has 1 saturated heterocycles. The van der Waals surface area contributed by atoms with Gasteiger partial charge in [0.05, 0.1) is 34.8 Å². The van der Waals surface area contributed by atoms with Crippen molar-refractivity contribution in [1.29, 1.82) is 5.26 Å². The van der Waals surface area contributed by atoms with Gasteiger partial charge in [-0.1, -0.05) is 38.8 Å². The van der Waals surface area contributed by atoms with E-state index in [1.807, 2.05) is 26.0 Å². The Kier molecular flexibility index (Phi) is 7.31. The van der Waals surface area contributed by atoms with Gasteiger partial charge >= 0.3 is 0 Å². The predicted molar refractivity (Wildman–Crippen MR) is 149 cm³/mol. The van der Waals surface area contributed by atoms with E-state index in [-0.39, 0.29) is 35.9 Å². The number of hydrogen-bond donors (Lipinski definition) is 2. The second-order valence-corrected chi connectivity index (χ2v) is 14.9. The summed E-state index contributed by atoms with van der Waals surface area (Å²) in [6.07, 6.45) is 5.03. The lowest BCUT2D eigenvalue weighted by Crippen LogP contribution is -2.42. The number of rotatable bonds is 7. The number of benzene rings is 1. The summed E-state index contributed by atoms with van der Waals surface area (Å²) in [6, 6.07) is 10.4. The highest BCUT2D eigenvalue weighted by Gasteiger charge is 2.47. The molecule has 8 nitrogen and oxygen atoms in total. The number of hydrogen-bond acceptors (Lipinski definition) is 8. The monoisotopic (exact) mass is 556 g/mol. The van der Waals surface area contributed by atoms with Crippen molar-refractivity contribution < 1.29 is 18.3 Å². The largest absolute Gasteiger partial charge is 0.395 e. The van der Waals surface area contributed by atoms with E-state index in [1.165, 1.54) is 0 Å². The number of thiazole rings is 1. The van der Waals surface area contributed by atoms with Crippen molar-refractivity contribution in [3.8, 4) is 16.5 Å². The van der Waals surface area contributed by atoms with Crippen molar-refractivity contribution in [2.24, 2.45) is 5.92 Å². The number of amides is 1. The lowest BCUT2D eigenvalue weighted by atomic mass is 9.76. The maximum Gasteiger partial charge on any atom is 0.225 e. The number of anilines is 1. The van der Waals surface area contributed by atoms with Crippen LogP contribution in [-0.4, -0.2) is 61.2 Å². The van der Waals surface area contributed by atoms with Gasteiger partial charge in [0.1, 0.15) is 10.5 Å². The van der Waals surface area contributed by atoms with Gasteiger partial charge in [0.2, 0.25) is 5.91 Å². The van der Waals surface area contributed by atoms with Crippen molar-refractivity contribution in [1.82, 2.24) is 10.3 Å². The van der Waals surface area contributed by atoms with Crippen LogP contribution in [-0.2, 0) is 20.0 Å². The highest BCUT2D eigenvalue weighted by Crippen LogP contribution is 2.46. The molecule has 3 fully saturated rings. The molecule has 204 valence electrons. The smallest absolute Gasteiger partial charge is 0.225 e. The molecule has 1 aromatic carbocycles. The van der Waals surface area contributed by atoms with E-state index < -0.39 is 20.8 Å². The number of aliphatic hydroxyl groups is 1. The minimum absolute atomic E-state index is 0.0323. The van der Waals surface area contributed by atoms with Gasteiger partial charge in [0.15, 0.2) is 9.84 Å². The Labute approximate surface area is 229 Å². The summed E-state index contributed by atoms with van der Waals surface area (Å²) < 4.78 is 23.7. The highest BCUT2D eigenvalue weighted by molar-refractivity contribution is 7.91. The quantitative estimate of drug-likeness (QED) is 0.532. The molecule has 1 amide bonds. The van der Waals surface area contributed by atoms with E-state index in [0.29, 0.717) is 25.9 Å². The first-order valence-corrected chi connectivity index (χ1v) is 16.1. The molecular formula is C28H36N4O4S2. The topological polar surface area (TPSA) is 123 Å². The third-order valence-electron chi connectivity index (χ3n) is 8.25. The summed E-state index contributed by atoms with van der Waals surface area (Å²) in [6.45, 7) is 4.90. The number of carbonyl (C=O) groups excluding carboxylic acids is 1. The molecule has 2 atom stereocenters. The fourth-order valence-corrected chi connectivity index (χ4v) is 7.87. The van der Waals surface area contributed by atoms with Gasteiger partial charge in [-0.25, -0.2) is 13.4 Å². The molecule has 2 heterocycles. The van der Waals surface area contributed by atoms with Crippen LogP contribution in [0.4, 0.5) is 5.69 Å². The van der Waals surface area contributed by atoms with Gasteiger partial charge in [-0.2, -0.15) is 5.26 Å². The number of sulfone groups is 1. The Hall–Kier alpha value is -2.48. The third kappa shape index (κ3) is 5.47. The van der Waals surface area contributed by atoms with Crippen molar-refractivity contribution in [3.05, 3.63) is 35.0 Å². The Balaban J connectivity index is 1.47. The third-order valence-corrected chi connectivity index (χ3v) is 11.3. The second kappa shape index (κ2) is 10.2. The molecule has 0 radical (unpaired) electrons. The second-order valence-electron chi connectivity index (χ2n) is 11.6. The van der Waals surface area contributed by atoms with Gasteiger partial charge in [0.25, 0.3) is 0 Å². The zero-order chi connectivity index (χ0) is 27.1. The van der Waals surface area contributed by atoms with E-state index in [2.05, 4.69) is 28.4 Å². The van der Waals surface area contributed by atoms with Gasteiger partial charge in [-0.15, -0.1) is 11.3 Å². The first-order valence-electron chi connectivity index (χ1n) is 13.5. The van der Waals surface area contributed by atoms with Crippen molar-refractivity contribution in [2.45, 2.75) is 69.2 Å². The minimum atomic E-state index is -2.95. The minimum Gasteiger partial charge on any atom is -0.395 e. The lowest BCUT2D eigenvalue weighted by Gasteiger charge is -2.31. The zero-order valence-corrected chi connectivity index (χ0v) is 23.7. The van der Waals surface area contributed by atoms with Gasteiger partial charge in [-0.3, -0.25) is 4.79 Å². The Morgan fingerprint density at radius 3 is 2.47 bits per heavy atom. The SMILES string of the molecule is CC(C)(CO)c1nc([C@@H]2CCCC[C@H]2C(=O)NC2(C#N)CC2)c(-c2ccc(N3CCS(=O)(=O)CC3)cc2)s1. The molecule has 3 aliphatic rings.